The maximum atomic E-state index is 12.2. The minimum absolute atomic E-state index is 0.00740. The van der Waals surface area contributed by atoms with Gasteiger partial charge in [0, 0.05) is 23.7 Å². The number of para-hydroxylation sites is 1. The number of hydrogen-bond acceptors (Lipinski definition) is 6. The van der Waals surface area contributed by atoms with Crippen molar-refractivity contribution in [3.05, 3.63) is 66.4 Å². The number of amides is 1. The number of nitrogens with zero attached hydrogens (tertiary/aromatic N) is 1. The molecule has 0 aliphatic carbocycles. The molecule has 0 radical (unpaired) electrons. The average Bonchev–Trinajstić information content (AvgIpc) is 2.73. The summed E-state index contributed by atoms with van der Waals surface area (Å²) in [4.78, 5) is 22.9. The molecule has 0 fully saturated rings. The van der Waals surface area contributed by atoms with Gasteiger partial charge in [0.25, 0.3) is 15.9 Å². The molecule has 0 aliphatic rings. The van der Waals surface area contributed by atoms with E-state index in [2.05, 4.69) is 15.1 Å². The van der Waals surface area contributed by atoms with Crippen LogP contribution in [-0.2, 0) is 14.9 Å². The Morgan fingerprint density at radius 1 is 1.07 bits per heavy atom. The first kappa shape index (κ1) is 20.7. The minimum Gasteiger partial charge on any atom is -0.491 e. The molecule has 1 heterocycles. The maximum absolute atomic E-state index is 12.2. The molecule has 0 atom stereocenters. The van der Waals surface area contributed by atoms with Crippen LogP contribution < -0.4 is 14.9 Å². The molecule has 152 valence electrons. The van der Waals surface area contributed by atoms with Crippen LogP contribution in [0.5, 0.6) is 5.75 Å². The summed E-state index contributed by atoms with van der Waals surface area (Å²) < 4.78 is 29.4. The Morgan fingerprint density at radius 2 is 1.83 bits per heavy atom. The number of ether oxygens (including phenoxy) is 1. The predicted molar refractivity (Wildman–Crippen MR) is 108 cm³/mol. The Kier molecular flexibility index (Phi) is 6.76. The molecule has 0 bridgehead atoms. The number of carbonyl (C=O) groups is 1. The molecule has 8 nitrogen and oxygen atoms in total. The van der Waals surface area contributed by atoms with Gasteiger partial charge in [0.05, 0.1) is 18.6 Å². The molecule has 0 unspecified atom stereocenters. The largest absolute Gasteiger partial charge is 0.491 e. The first-order chi connectivity index (χ1) is 14.0. The lowest BCUT2D eigenvalue weighted by atomic mass is 10.2. The summed E-state index contributed by atoms with van der Waals surface area (Å²) in [5, 5.41) is 3.79. The third-order valence-corrected chi connectivity index (χ3v) is 5.36. The van der Waals surface area contributed by atoms with Crippen molar-refractivity contribution in [3.8, 4) is 5.75 Å². The topological polar surface area (TPSA) is 107 Å². The Labute approximate surface area is 168 Å². The molecule has 9 heteroatoms. The number of rotatable bonds is 9. The number of pyridine rings is 1. The normalized spacial score (nSPS) is 11.3. The highest BCUT2D eigenvalue weighted by molar-refractivity contribution is 7.89. The Morgan fingerprint density at radius 3 is 2.59 bits per heavy atom. The summed E-state index contributed by atoms with van der Waals surface area (Å²) in [6.07, 6.45) is 2.33. The van der Waals surface area contributed by atoms with Gasteiger partial charge in [-0.3, -0.25) is 14.6 Å². The quantitative estimate of drug-likeness (QED) is 0.410. The van der Waals surface area contributed by atoms with Crippen molar-refractivity contribution in [1.82, 2.24) is 15.2 Å². The molecule has 2 N–H and O–H groups in total. The van der Waals surface area contributed by atoms with E-state index >= 15 is 0 Å². The summed E-state index contributed by atoms with van der Waals surface area (Å²) in [6, 6.07) is 15.1. The SMILES string of the molecule is CONS(=O)(=O)c1ccc(C(=O)NCCCOc2cccc3cccnc23)cc1. The first-order valence-corrected chi connectivity index (χ1v) is 10.4. The molecule has 0 spiro atoms. The van der Waals surface area contributed by atoms with E-state index in [0.29, 0.717) is 30.9 Å². The summed E-state index contributed by atoms with van der Waals surface area (Å²) in [5.41, 5.74) is 1.16. The molecule has 3 rings (SSSR count). The zero-order chi connectivity index (χ0) is 20.7. The second-order valence-corrected chi connectivity index (χ2v) is 7.75. The molecule has 1 amide bonds. The van der Waals surface area contributed by atoms with Gasteiger partial charge in [-0.1, -0.05) is 23.1 Å². The van der Waals surface area contributed by atoms with Gasteiger partial charge in [-0.15, -0.1) is 0 Å². The zero-order valence-electron chi connectivity index (χ0n) is 15.8. The fraction of sp³-hybridized carbons (Fsp3) is 0.200. The van der Waals surface area contributed by atoms with E-state index in [1.165, 1.54) is 31.4 Å². The second-order valence-electron chi connectivity index (χ2n) is 6.10. The van der Waals surface area contributed by atoms with Gasteiger partial charge >= 0.3 is 0 Å². The molecule has 1 aromatic heterocycles. The van der Waals surface area contributed by atoms with Gasteiger partial charge in [0.2, 0.25) is 0 Å². The lowest BCUT2D eigenvalue weighted by molar-refractivity contribution is 0.0951. The van der Waals surface area contributed by atoms with Crippen molar-refractivity contribution in [2.24, 2.45) is 0 Å². The number of sulfonamides is 1. The van der Waals surface area contributed by atoms with Crippen LogP contribution in [-0.4, -0.2) is 39.6 Å². The summed E-state index contributed by atoms with van der Waals surface area (Å²) in [6.45, 7) is 0.845. The van der Waals surface area contributed by atoms with E-state index < -0.39 is 10.0 Å². The Bertz CT molecular complexity index is 1080. The van der Waals surface area contributed by atoms with Gasteiger partial charge in [0.1, 0.15) is 11.3 Å². The maximum Gasteiger partial charge on any atom is 0.262 e. The van der Waals surface area contributed by atoms with Gasteiger partial charge in [-0.2, -0.15) is 0 Å². The van der Waals surface area contributed by atoms with E-state index in [0.717, 1.165) is 10.9 Å². The van der Waals surface area contributed by atoms with Crippen molar-refractivity contribution in [2.75, 3.05) is 20.3 Å². The zero-order valence-corrected chi connectivity index (χ0v) is 16.6. The molecule has 2 aromatic carbocycles. The smallest absolute Gasteiger partial charge is 0.262 e. The highest BCUT2D eigenvalue weighted by Crippen LogP contribution is 2.22. The molecule has 0 aliphatic heterocycles. The fourth-order valence-electron chi connectivity index (χ4n) is 2.69. The van der Waals surface area contributed by atoms with Crippen LogP contribution in [0.25, 0.3) is 10.9 Å². The van der Waals surface area contributed by atoms with E-state index in [4.69, 9.17) is 4.74 Å². The number of benzene rings is 2. The highest BCUT2D eigenvalue weighted by Gasteiger charge is 2.14. The number of fused-ring (bicyclic) bond motifs is 1. The van der Waals surface area contributed by atoms with Crippen molar-refractivity contribution in [3.63, 3.8) is 0 Å². The Hall–Kier alpha value is -3.01. The van der Waals surface area contributed by atoms with Crippen LogP contribution >= 0.6 is 0 Å². The molecular weight excluding hydrogens is 394 g/mol. The number of hydrogen-bond donors (Lipinski definition) is 2. The van der Waals surface area contributed by atoms with Gasteiger partial charge < -0.3 is 10.1 Å². The molecule has 3 aromatic rings. The van der Waals surface area contributed by atoms with Crippen LogP contribution in [0.4, 0.5) is 0 Å². The van der Waals surface area contributed by atoms with Crippen molar-refractivity contribution in [2.45, 2.75) is 11.3 Å². The van der Waals surface area contributed by atoms with Crippen LogP contribution in [0.1, 0.15) is 16.8 Å². The van der Waals surface area contributed by atoms with Gasteiger partial charge in [-0.05, 0) is 42.8 Å². The molecular formula is C20H21N3O5S. The van der Waals surface area contributed by atoms with Crippen molar-refractivity contribution in [1.29, 1.82) is 0 Å². The third kappa shape index (κ3) is 5.29. The van der Waals surface area contributed by atoms with Crippen molar-refractivity contribution < 1.29 is 22.8 Å². The second kappa shape index (κ2) is 9.46. The third-order valence-electron chi connectivity index (χ3n) is 4.08. The summed E-state index contributed by atoms with van der Waals surface area (Å²) in [7, 11) is -2.54. The van der Waals surface area contributed by atoms with Crippen LogP contribution in [0.2, 0.25) is 0 Å². The van der Waals surface area contributed by atoms with E-state index in [9.17, 15) is 13.2 Å². The molecule has 0 saturated heterocycles. The summed E-state index contributed by atoms with van der Waals surface area (Å²) >= 11 is 0. The van der Waals surface area contributed by atoms with Crippen LogP contribution in [0, 0.1) is 0 Å². The lowest BCUT2D eigenvalue weighted by Gasteiger charge is -2.09. The first-order valence-electron chi connectivity index (χ1n) is 8.91. The van der Waals surface area contributed by atoms with E-state index in [1.54, 1.807) is 6.20 Å². The Balaban J connectivity index is 1.47. The average molecular weight is 415 g/mol. The number of aromatic nitrogens is 1. The van der Waals surface area contributed by atoms with Crippen LogP contribution in [0.3, 0.4) is 0 Å². The predicted octanol–water partition coefficient (Wildman–Crippen LogP) is 2.27. The molecule has 29 heavy (non-hydrogen) atoms. The minimum atomic E-state index is -3.74. The highest BCUT2D eigenvalue weighted by atomic mass is 32.2. The van der Waals surface area contributed by atoms with Crippen LogP contribution in [0.15, 0.2) is 65.7 Å². The standard InChI is InChI=1S/C20H21N3O5S/c1-27-23-29(25,26)17-10-8-16(9-11-17)20(24)22-13-4-14-28-18-7-2-5-15-6-3-12-21-19(15)18/h2-3,5-12,23H,4,13-14H2,1H3,(H,22,24). The summed E-state index contributed by atoms with van der Waals surface area (Å²) in [5.74, 6) is 0.413. The van der Waals surface area contributed by atoms with Gasteiger partial charge in [0.15, 0.2) is 0 Å². The lowest BCUT2D eigenvalue weighted by Crippen LogP contribution is -2.26. The van der Waals surface area contributed by atoms with Crippen molar-refractivity contribution >= 4 is 26.8 Å². The molecule has 0 saturated carbocycles. The van der Waals surface area contributed by atoms with E-state index in [-0.39, 0.29) is 10.8 Å². The van der Waals surface area contributed by atoms with Gasteiger partial charge in [-0.25, -0.2) is 8.42 Å². The monoisotopic (exact) mass is 415 g/mol. The fourth-order valence-corrected chi connectivity index (χ4v) is 3.50. The van der Waals surface area contributed by atoms with E-state index in [1.807, 2.05) is 35.2 Å². The number of nitrogens with one attached hydrogen (secondary N) is 2. The number of carbonyl (C=O) groups excluding carboxylic acids is 1.